The van der Waals surface area contributed by atoms with E-state index in [2.05, 4.69) is 11.4 Å². The van der Waals surface area contributed by atoms with Crippen LogP contribution < -0.4 is 10.2 Å². The molecule has 1 aromatic carbocycles. The molecule has 1 aliphatic carbocycles. The first-order valence-corrected chi connectivity index (χ1v) is 10.1. The predicted molar refractivity (Wildman–Crippen MR) is 96.6 cm³/mol. The van der Waals surface area contributed by atoms with Crippen LogP contribution in [0.3, 0.4) is 0 Å². The van der Waals surface area contributed by atoms with E-state index in [0.29, 0.717) is 32.5 Å². The van der Waals surface area contributed by atoms with Crippen LogP contribution in [0.25, 0.3) is 0 Å². The normalized spacial score (nSPS) is 23.5. The molecule has 132 valence electrons. The van der Waals surface area contributed by atoms with Crippen molar-refractivity contribution in [2.45, 2.75) is 35.8 Å². The molecule has 0 radical (unpaired) electrons. The molecule has 1 aromatic rings. The van der Waals surface area contributed by atoms with Gasteiger partial charge in [-0.3, -0.25) is 4.79 Å². The average molecular weight is 371 g/mol. The topological polar surface area (TPSA) is 66.5 Å². The highest BCUT2D eigenvalue weighted by molar-refractivity contribution is 7.92. The van der Waals surface area contributed by atoms with Crippen molar-refractivity contribution in [3.8, 4) is 0 Å². The lowest BCUT2D eigenvalue weighted by molar-refractivity contribution is -0.121. The van der Waals surface area contributed by atoms with E-state index in [0.717, 1.165) is 18.5 Å². The van der Waals surface area contributed by atoms with Crippen LogP contribution in [0.15, 0.2) is 24.3 Å². The van der Waals surface area contributed by atoms with Gasteiger partial charge in [0.1, 0.15) is 0 Å². The molecule has 0 atom stereocenters. The summed E-state index contributed by atoms with van der Waals surface area (Å²) in [5.74, 6) is -0.224. The summed E-state index contributed by atoms with van der Waals surface area (Å²) >= 11 is 0. The van der Waals surface area contributed by atoms with Gasteiger partial charge in [-0.15, -0.1) is 12.4 Å². The highest BCUT2D eigenvalue weighted by atomic mass is 35.5. The fraction of sp³-hybridized carbons (Fsp3) is 0.588. The number of hydrogen-bond acceptors (Lipinski definition) is 4. The van der Waals surface area contributed by atoms with E-state index in [1.807, 2.05) is 18.2 Å². The van der Waals surface area contributed by atoms with Crippen molar-refractivity contribution in [2.24, 2.45) is 0 Å². The number of carbonyl (C=O) groups excluding carboxylic acids is 1. The van der Waals surface area contributed by atoms with Crippen molar-refractivity contribution in [3.63, 3.8) is 0 Å². The van der Waals surface area contributed by atoms with Gasteiger partial charge in [0.2, 0.25) is 5.91 Å². The van der Waals surface area contributed by atoms with Gasteiger partial charge in [-0.25, -0.2) is 8.42 Å². The van der Waals surface area contributed by atoms with E-state index in [1.165, 1.54) is 11.8 Å². The summed E-state index contributed by atoms with van der Waals surface area (Å²) in [6, 6.07) is 7.97. The maximum Gasteiger partial charge on any atom is 0.248 e. The SMILES string of the molecule is CS(=O)(=O)C1(C(=O)N2CC3(CC3)c3ccccc32)CCNCC1.Cl. The van der Waals surface area contributed by atoms with Gasteiger partial charge in [0.15, 0.2) is 14.6 Å². The Balaban J connectivity index is 0.00000169. The van der Waals surface area contributed by atoms with Crippen LogP contribution in [0.1, 0.15) is 31.2 Å². The second kappa shape index (κ2) is 5.71. The summed E-state index contributed by atoms with van der Waals surface area (Å²) in [6.45, 7) is 1.77. The predicted octanol–water partition coefficient (Wildman–Crippen LogP) is 1.65. The van der Waals surface area contributed by atoms with Crippen LogP contribution in [-0.4, -0.2) is 45.0 Å². The molecule has 1 saturated heterocycles. The van der Waals surface area contributed by atoms with E-state index in [9.17, 15) is 13.2 Å². The standard InChI is InChI=1S/C17H22N2O3S.ClH/c1-23(21,22)17(8-10-18-11-9-17)15(20)19-12-16(6-7-16)13-4-2-3-5-14(13)19;/h2-5,18H,6-12H2,1H3;1H. The molecule has 2 fully saturated rings. The smallest absolute Gasteiger partial charge is 0.248 e. The maximum atomic E-state index is 13.4. The summed E-state index contributed by atoms with van der Waals surface area (Å²) in [5, 5.41) is 3.17. The van der Waals surface area contributed by atoms with Gasteiger partial charge in [-0.2, -0.15) is 0 Å². The van der Waals surface area contributed by atoms with Crippen LogP contribution in [0, 0.1) is 0 Å². The minimum Gasteiger partial charge on any atom is -0.317 e. The van der Waals surface area contributed by atoms with Crippen LogP contribution in [-0.2, 0) is 20.0 Å². The van der Waals surface area contributed by atoms with Crippen molar-refractivity contribution in [2.75, 3.05) is 30.8 Å². The monoisotopic (exact) mass is 370 g/mol. The fourth-order valence-electron chi connectivity index (χ4n) is 4.21. The maximum absolute atomic E-state index is 13.4. The number of nitrogens with one attached hydrogen (secondary N) is 1. The Labute approximate surface area is 149 Å². The van der Waals surface area contributed by atoms with Crippen molar-refractivity contribution in [1.29, 1.82) is 0 Å². The van der Waals surface area contributed by atoms with Crippen LogP contribution >= 0.6 is 12.4 Å². The van der Waals surface area contributed by atoms with Gasteiger partial charge in [-0.1, -0.05) is 18.2 Å². The van der Waals surface area contributed by atoms with E-state index in [1.54, 1.807) is 4.90 Å². The average Bonchev–Trinajstić information content (AvgIpc) is 3.24. The zero-order valence-corrected chi connectivity index (χ0v) is 15.4. The van der Waals surface area contributed by atoms with Crippen molar-refractivity contribution in [1.82, 2.24) is 5.32 Å². The van der Waals surface area contributed by atoms with Crippen LogP contribution in [0.2, 0.25) is 0 Å². The quantitative estimate of drug-likeness (QED) is 0.859. The molecule has 0 unspecified atom stereocenters. The Bertz CT molecular complexity index is 768. The van der Waals surface area contributed by atoms with Gasteiger partial charge < -0.3 is 10.2 Å². The molecule has 1 amide bonds. The molecular weight excluding hydrogens is 348 g/mol. The minimum absolute atomic E-state index is 0. The molecule has 4 rings (SSSR count). The number of carbonyl (C=O) groups is 1. The van der Waals surface area contributed by atoms with Crippen LogP contribution in [0.5, 0.6) is 0 Å². The van der Waals surface area contributed by atoms with Crippen molar-refractivity contribution < 1.29 is 13.2 Å². The van der Waals surface area contributed by atoms with Crippen molar-refractivity contribution >= 4 is 33.8 Å². The zero-order valence-electron chi connectivity index (χ0n) is 13.7. The molecule has 2 heterocycles. The van der Waals surface area contributed by atoms with E-state index in [4.69, 9.17) is 0 Å². The number of sulfone groups is 1. The largest absolute Gasteiger partial charge is 0.317 e. The molecule has 1 N–H and O–H groups in total. The highest BCUT2D eigenvalue weighted by Crippen LogP contribution is 2.57. The van der Waals surface area contributed by atoms with Gasteiger partial charge in [0, 0.05) is 23.9 Å². The lowest BCUT2D eigenvalue weighted by Crippen LogP contribution is -2.58. The first-order valence-electron chi connectivity index (χ1n) is 8.22. The van der Waals surface area contributed by atoms with E-state index >= 15 is 0 Å². The number of rotatable bonds is 2. The summed E-state index contributed by atoms with van der Waals surface area (Å²) < 4.78 is 23.8. The second-order valence-corrected chi connectivity index (χ2v) is 9.53. The molecule has 2 aliphatic heterocycles. The number of hydrogen-bond donors (Lipinski definition) is 1. The number of piperidine rings is 1. The molecular formula is C17H23ClN2O3S. The Morgan fingerprint density at radius 2 is 1.75 bits per heavy atom. The lowest BCUT2D eigenvalue weighted by Gasteiger charge is -2.37. The Kier molecular flexibility index (Phi) is 4.21. The molecule has 24 heavy (non-hydrogen) atoms. The molecule has 3 aliphatic rings. The van der Waals surface area contributed by atoms with Gasteiger partial charge in [-0.05, 0) is 50.4 Å². The van der Waals surface area contributed by atoms with Gasteiger partial charge in [0.05, 0.1) is 0 Å². The Hall–Kier alpha value is -1.11. The summed E-state index contributed by atoms with van der Waals surface area (Å²) in [4.78, 5) is 15.1. The molecule has 0 aromatic heterocycles. The zero-order chi connectivity index (χ0) is 16.3. The number of anilines is 1. The number of amides is 1. The molecule has 7 heteroatoms. The fourth-order valence-corrected chi connectivity index (χ4v) is 5.58. The first kappa shape index (κ1) is 17.7. The number of benzene rings is 1. The molecule has 0 bridgehead atoms. The number of nitrogens with zero attached hydrogens (tertiary/aromatic N) is 1. The first-order chi connectivity index (χ1) is 10.9. The molecule has 1 saturated carbocycles. The van der Waals surface area contributed by atoms with Gasteiger partial charge in [0.25, 0.3) is 0 Å². The number of para-hydroxylation sites is 1. The van der Waals surface area contributed by atoms with E-state index in [-0.39, 0.29) is 23.7 Å². The third-order valence-electron chi connectivity index (χ3n) is 5.84. The van der Waals surface area contributed by atoms with Crippen LogP contribution in [0.4, 0.5) is 5.69 Å². The summed E-state index contributed by atoms with van der Waals surface area (Å²) in [5.41, 5.74) is 2.21. The Morgan fingerprint density at radius 3 is 2.33 bits per heavy atom. The van der Waals surface area contributed by atoms with Crippen molar-refractivity contribution in [3.05, 3.63) is 29.8 Å². The minimum atomic E-state index is -3.47. The lowest BCUT2D eigenvalue weighted by atomic mass is 9.95. The number of fused-ring (bicyclic) bond motifs is 2. The third-order valence-corrected chi connectivity index (χ3v) is 7.84. The third kappa shape index (κ3) is 2.38. The second-order valence-electron chi connectivity index (χ2n) is 7.21. The molecule has 1 spiro atoms. The van der Waals surface area contributed by atoms with Gasteiger partial charge >= 0.3 is 0 Å². The summed E-state index contributed by atoms with van der Waals surface area (Å²) in [7, 11) is -3.47. The number of halogens is 1. The Morgan fingerprint density at radius 1 is 1.12 bits per heavy atom. The summed E-state index contributed by atoms with van der Waals surface area (Å²) in [6.07, 6.45) is 4.10. The molecule has 5 nitrogen and oxygen atoms in total. The van der Waals surface area contributed by atoms with E-state index < -0.39 is 14.6 Å². The highest BCUT2D eigenvalue weighted by Gasteiger charge is 2.57.